The zero-order valence-corrected chi connectivity index (χ0v) is 17.5. The second-order valence-corrected chi connectivity index (χ2v) is 8.88. The van der Waals surface area contributed by atoms with Gasteiger partial charge in [0, 0.05) is 11.1 Å². The van der Waals surface area contributed by atoms with Crippen molar-refractivity contribution in [1.29, 1.82) is 0 Å². The predicted molar refractivity (Wildman–Crippen MR) is 114 cm³/mol. The van der Waals surface area contributed by atoms with Crippen LogP contribution < -0.4 is 9.64 Å². The number of carbonyl (C=O) groups is 1. The summed E-state index contributed by atoms with van der Waals surface area (Å²) in [6, 6.07) is 12.2. The molecule has 0 aliphatic carbocycles. The molecule has 146 valence electrons. The molecule has 0 saturated carbocycles. The van der Waals surface area contributed by atoms with Gasteiger partial charge in [0.1, 0.15) is 11.5 Å². The Labute approximate surface area is 167 Å². The molecule has 0 fully saturated rings. The minimum Gasteiger partial charge on any atom is -0.497 e. The number of hydrogen-bond acceptors (Lipinski definition) is 3. The van der Waals surface area contributed by atoms with Gasteiger partial charge in [-0.05, 0) is 67.5 Å². The summed E-state index contributed by atoms with van der Waals surface area (Å²) in [4.78, 5) is 20.2. The molecule has 1 atom stereocenters. The summed E-state index contributed by atoms with van der Waals surface area (Å²) in [5.74, 6) is 1.58. The van der Waals surface area contributed by atoms with Crippen LogP contribution >= 0.6 is 0 Å². The van der Waals surface area contributed by atoms with Crippen LogP contribution in [0.25, 0.3) is 0 Å². The van der Waals surface area contributed by atoms with Gasteiger partial charge in [-0.25, -0.2) is 4.99 Å². The van der Waals surface area contributed by atoms with Gasteiger partial charge < -0.3 is 9.64 Å². The first-order valence-electron chi connectivity index (χ1n) is 9.98. The fourth-order valence-corrected chi connectivity index (χ4v) is 4.57. The molecule has 0 radical (unpaired) electrons. The molecule has 28 heavy (non-hydrogen) atoms. The van der Waals surface area contributed by atoms with Crippen molar-refractivity contribution in [2.45, 2.75) is 58.4 Å². The Morgan fingerprint density at radius 2 is 1.86 bits per heavy atom. The molecule has 2 aromatic rings. The molecular weight excluding hydrogens is 348 g/mol. The van der Waals surface area contributed by atoms with E-state index in [4.69, 9.17) is 9.73 Å². The Morgan fingerprint density at radius 1 is 1.18 bits per heavy atom. The van der Waals surface area contributed by atoms with Crippen LogP contribution in [0, 0.1) is 0 Å². The molecule has 4 heteroatoms. The highest BCUT2D eigenvalue weighted by Gasteiger charge is 2.48. The lowest BCUT2D eigenvalue weighted by Crippen LogP contribution is -2.50. The number of aliphatic imine (C=N–C) groups is 1. The van der Waals surface area contributed by atoms with Gasteiger partial charge in [-0.15, -0.1) is 0 Å². The Balaban J connectivity index is 1.89. The van der Waals surface area contributed by atoms with E-state index in [9.17, 15) is 4.79 Å². The van der Waals surface area contributed by atoms with Gasteiger partial charge in [0.05, 0.1) is 18.5 Å². The van der Waals surface area contributed by atoms with Crippen LogP contribution in [0.1, 0.15) is 69.6 Å². The Morgan fingerprint density at radius 3 is 2.46 bits per heavy atom. The average Bonchev–Trinajstić information content (AvgIpc) is 2.92. The topological polar surface area (TPSA) is 41.9 Å². The highest BCUT2D eigenvalue weighted by Crippen LogP contribution is 2.50. The molecule has 0 spiro atoms. The second kappa shape index (κ2) is 6.47. The molecular formula is C24H28N2O2. The van der Waals surface area contributed by atoms with E-state index in [-0.39, 0.29) is 11.4 Å². The Hall–Kier alpha value is -2.62. The van der Waals surface area contributed by atoms with Crippen molar-refractivity contribution in [3.05, 3.63) is 53.1 Å². The van der Waals surface area contributed by atoms with Gasteiger partial charge in [0.25, 0.3) is 5.91 Å². The summed E-state index contributed by atoms with van der Waals surface area (Å²) >= 11 is 0. The molecule has 1 unspecified atom stereocenters. The molecule has 4 rings (SSSR count). The summed E-state index contributed by atoms with van der Waals surface area (Å²) in [6.45, 7) is 10.8. The molecule has 2 aliphatic rings. The van der Waals surface area contributed by atoms with E-state index in [1.54, 1.807) is 7.11 Å². The van der Waals surface area contributed by atoms with Crippen molar-refractivity contribution < 1.29 is 9.53 Å². The summed E-state index contributed by atoms with van der Waals surface area (Å²) < 4.78 is 5.53. The lowest BCUT2D eigenvalue weighted by Gasteiger charge is -2.43. The maximum atomic E-state index is 13.4. The van der Waals surface area contributed by atoms with Crippen molar-refractivity contribution in [3.8, 4) is 5.75 Å². The SMILES string of the molecule is COc1cc2c3c(c1)C(C)CC(C)(C)N3C(=O)C2=Nc1ccc(C(C)C)cc1. The number of anilines is 1. The zero-order chi connectivity index (χ0) is 20.2. The second-order valence-electron chi connectivity index (χ2n) is 8.88. The third-order valence-corrected chi connectivity index (χ3v) is 5.98. The molecule has 2 heterocycles. The highest BCUT2D eigenvalue weighted by atomic mass is 16.5. The molecule has 0 N–H and O–H groups in total. The van der Waals surface area contributed by atoms with E-state index in [1.807, 2.05) is 23.1 Å². The normalized spacial score (nSPS) is 21.4. The van der Waals surface area contributed by atoms with Crippen LogP contribution in [0.15, 0.2) is 41.4 Å². The number of nitrogens with zero attached hydrogens (tertiary/aromatic N) is 2. The molecule has 0 bridgehead atoms. The predicted octanol–water partition coefficient (Wildman–Crippen LogP) is 5.57. The van der Waals surface area contributed by atoms with Crippen molar-refractivity contribution in [2.75, 3.05) is 12.0 Å². The van der Waals surface area contributed by atoms with E-state index >= 15 is 0 Å². The largest absolute Gasteiger partial charge is 0.497 e. The standard InChI is InChI=1S/C24H28N2O2/c1-14(2)16-7-9-17(10-8-16)25-21-20-12-18(28-6)11-19-15(3)13-24(4,5)26(22(19)20)23(21)27/h7-12,14-15H,13H2,1-6H3. The number of rotatable bonds is 3. The van der Waals surface area contributed by atoms with E-state index in [1.165, 1.54) is 11.1 Å². The van der Waals surface area contributed by atoms with Crippen molar-refractivity contribution in [2.24, 2.45) is 4.99 Å². The number of carbonyl (C=O) groups excluding carboxylic acids is 1. The first-order chi connectivity index (χ1) is 13.2. The maximum Gasteiger partial charge on any atom is 0.278 e. The summed E-state index contributed by atoms with van der Waals surface area (Å²) in [5.41, 5.74) is 5.39. The van der Waals surface area contributed by atoms with Gasteiger partial charge >= 0.3 is 0 Å². The lowest BCUT2D eigenvalue weighted by molar-refractivity contribution is -0.113. The molecule has 1 amide bonds. The molecule has 0 saturated heterocycles. The minimum absolute atomic E-state index is 0.0191. The van der Waals surface area contributed by atoms with Crippen molar-refractivity contribution in [1.82, 2.24) is 0 Å². The molecule has 0 aromatic heterocycles. The van der Waals surface area contributed by atoms with E-state index < -0.39 is 0 Å². The summed E-state index contributed by atoms with van der Waals surface area (Å²) in [5, 5.41) is 0. The maximum absolute atomic E-state index is 13.4. The average molecular weight is 377 g/mol. The first kappa shape index (κ1) is 18.7. The van der Waals surface area contributed by atoms with Crippen LogP contribution in [0.2, 0.25) is 0 Å². The molecule has 2 aliphatic heterocycles. The number of hydrogen-bond donors (Lipinski definition) is 0. The fraction of sp³-hybridized carbons (Fsp3) is 0.417. The van der Waals surface area contributed by atoms with Crippen LogP contribution in [0.5, 0.6) is 5.75 Å². The number of ether oxygens (including phenoxy) is 1. The van der Waals surface area contributed by atoms with Crippen LogP contribution in [0.3, 0.4) is 0 Å². The van der Waals surface area contributed by atoms with Crippen LogP contribution in [0.4, 0.5) is 11.4 Å². The monoisotopic (exact) mass is 376 g/mol. The number of benzene rings is 2. The first-order valence-corrected chi connectivity index (χ1v) is 9.98. The molecule has 2 aromatic carbocycles. The van der Waals surface area contributed by atoms with Gasteiger partial charge in [0.2, 0.25) is 0 Å². The van der Waals surface area contributed by atoms with Gasteiger partial charge in [0.15, 0.2) is 0 Å². The quantitative estimate of drug-likeness (QED) is 0.702. The van der Waals surface area contributed by atoms with Crippen molar-refractivity contribution in [3.63, 3.8) is 0 Å². The summed E-state index contributed by atoms with van der Waals surface area (Å²) in [7, 11) is 1.67. The van der Waals surface area contributed by atoms with Crippen LogP contribution in [-0.2, 0) is 4.79 Å². The zero-order valence-electron chi connectivity index (χ0n) is 17.5. The number of amides is 1. The van der Waals surface area contributed by atoms with E-state index in [0.717, 1.165) is 29.1 Å². The minimum atomic E-state index is -0.244. The molecule has 4 nitrogen and oxygen atoms in total. The van der Waals surface area contributed by atoms with Crippen molar-refractivity contribution >= 4 is 23.0 Å². The van der Waals surface area contributed by atoms with Gasteiger partial charge in [-0.1, -0.05) is 32.9 Å². The van der Waals surface area contributed by atoms with Crippen LogP contribution in [-0.4, -0.2) is 24.3 Å². The Kier molecular flexibility index (Phi) is 4.33. The third kappa shape index (κ3) is 2.83. The smallest absolute Gasteiger partial charge is 0.278 e. The van der Waals surface area contributed by atoms with Gasteiger partial charge in [-0.2, -0.15) is 0 Å². The van der Waals surface area contributed by atoms with E-state index in [2.05, 4.69) is 52.8 Å². The highest BCUT2D eigenvalue weighted by molar-refractivity contribution is 6.55. The lowest BCUT2D eigenvalue weighted by atomic mass is 9.80. The fourth-order valence-electron chi connectivity index (χ4n) is 4.57. The third-order valence-electron chi connectivity index (χ3n) is 5.98. The summed E-state index contributed by atoms with van der Waals surface area (Å²) in [6.07, 6.45) is 0.911. The number of methoxy groups -OCH3 is 1. The Bertz CT molecular complexity index is 971. The van der Waals surface area contributed by atoms with E-state index in [0.29, 0.717) is 17.5 Å². The van der Waals surface area contributed by atoms with Gasteiger partial charge in [-0.3, -0.25) is 4.79 Å².